The van der Waals surface area contributed by atoms with Crippen LogP contribution in [0.2, 0.25) is 5.02 Å². The number of halogens is 4. The van der Waals surface area contributed by atoms with E-state index in [1.807, 2.05) is 0 Å². The quantitative estimate of drug-likeness (QED) is 0.241. The third-order valence-electron chi connectivity index (χ3n) is 7.01. The Morgan fingerprint density at radius 1 is 1.22 bits per heavy atom. The average molecular weight is 641 g/mol. The first-order chi connectivity index (χ1) is 21.6. The van der Waals surface area contributed by atoms with Gasteiger partial charge in [0.25, 0.3) is 12.4 Å². The number of ether oxygens (including phenoxy) is 1. The molecule has 5 heterocycles. The van der Waals surface area contributed by atoms with Gasteiger partial charge in [-0.1, -0.05) is 11.6 Å². The maximum absolute atomic E-state index is 14.1. The van der Waals surface area contributed by atoms with Crippen LogP contribution in [0.4, 0.5) is 24.7 Å². The summed E-state index contributed by atoms with van der Waals surface area (Å²) in [4.78, 5) is 42.5. The van der Waals surface area contributed by atoms with Crippen molar-refractivity contribution in [1.82, 2.24) is 44.3 Å². The van der Waals surface area contributed by atoms with E-state index in [1.54, 1.807) is 19.1 Å². The topological polar surface area (TPSA) is 144 Å². The van der Waals surface area contributed by atoms with Crippen LogP contribution in [0, 0.1) is 6.92 Å². The van der Waals surface area contributed by atoms with Gasteiger partial charge in [-0.15, -0.1) is 0 Å². The van der Waals surface area contributed by atoms with Gasteiger partial charge in [0.05, 0.1) is 34.6 Å². The van der Waals surface area contributed by atoms with E-state index < -0.39 is 24.0 Å². The number of benzene rings is 1. The zero-order chi connectivity index (χ0) is 31.7. The van der Waals surface area contributed by atoms with Crippen molar-refractivity contribution < 1.29 is 27.5 Å². The normalized spacial score (nSPS) is 15.3. The van der Waals surface area contributed by atoms with Crippen molar-refractivity contribution in [2.75, 3.05) is 25.0 Å². The van der Waals surface area contributed by atoms with Crippen LogP contribution < -0.4 is 10.6 Å². The van der Waals surface area contributed by atoms with Crippen molar-refractivity contribution in [2.45, 2.75) is 25.9 Å². The molecule has 6 rings (SSSR count). The number of nitrogens with zero attached hydrogens (tertiary/aromatic N) is 8. The Balaban J connectivity index is 1.28. The third-order valence-corrected chi connectivity index (χ3v) is 7.33. The van der Waals surface area contributed by atoms with Gasteiger partial charge >= 0.3 is 6.18 Å². The fourth-order valence-electron chi connectivity index (χ4n) is 4.98. The predicted molar refractivity (Wildman–Crippen MR) is 155 cm³/mol. The number of aryl methyl sites for hydroxylation is 1. The first kappa shape index (κ1) is 30.0. The second kappa shape index (κ2) is 12.1. The van der Waals surface area contributed by atoms with Gasteiger partial charge in [0, 0.05) is 49.3 Å². The Kier molecular flexibility index (Phi) is 8.07. The lowest BCUT2D eigenvalue weighted by atomic mass is 10.1. The number of piperazine rings is 1. The Labute approximate surface area is 258 Å². The number of nitrogens with one attached hydrogen (secondary N) is 2. The van der Waals surface area contributed by atoms with Gasteiger partial charge in [0.1, 0.15) is 12.4 Å². The molecule has 13 nitrogen and oxygen atoms in total. The second-order valence-corrected chi connectivity index (χ2v) is 10.4. The summed E-state index contributed by atoms with van der Waals surface area (Å²) in [5.41, 5.74) is 0.437. The summed E-state index contributed by atoms with van der Waals surface area (Å²) in [6.45, 7) is 3.12. The number of hydrogen-bond donors (Lipinski definition) is 2. The van der Waals surface area contributed by atoms with Crippen LogP contribution in [-0.4, -0.2) is 77.3 Å². The van der Waals surface area contributed by atoms with Crippen LogP contribution in [0.15, 0.2) is 55.2 Å². The number of alkyl halides is 3. The Morgan fingerprint density at radius 3 is 2.82 bits per heavy atom. The zero-order valence-corrected chi connectivity index (χ0v) is 24.2. The van der Waals surface area contributed by atoms with Crippen LogP contribution >= 0.6 is 11.6 Å². The van der Waals surface area contributed by atoms with Gasteiger partial charge in [0.2, 0.25) is 0 Å². The smallest absolute Gasteiger partial charge is 0.435 e. The van der Waals surface area contributed by atoms with Crippen molar-refractivity contribution in [2.24, 2.45) is 0 Å². The fourth-order valence-corrected chi connectivity index (χ4v) is 5.24. The van der Waals surface area contributed by atoms with Gasteiger partial charge in [-0.05, 0) is 31.2 Å². The molecular weight excluding hydrogens is 617 g/mol. The molecule has 0 saturated carbocycles. The van der Waals surface area contributed by atoms with Crippen LogP contribution in [0.3, 0.4) is 0 Å². The number of imidazole rings is 1. The first-order valence-corrected chi connectivity index (χ1v) is 13.9. The number of amides is 1. The number of anilines is 2. The summed E-state index contributed by atoms with van der Waals surface area (Å²) < 4.78 is 49.9. The molecule has 1 aliphatic rings. The largest absolute Gasteiger partial charge is 0.442 e. The molecule has 2 N–H and O–H groups in total. The van der Waals surface area contributed by atoms with Crippen LogP contribution in [0.25, 0.3) is 16.9 Å². The minimum atomic E-state index is -4.74. The van der Waals surface area contributed by atoms with E-state index in [-0.39, 0.29) is 52.9 Å². The lowest BCUT2D eigenvalue weighted by molar-refractivity contribution is -0.142. The van der Waals surface area contributed by atoms with Crippen molar-refractivity contribution in [3.05, 3.63) is 83.0 Å². The highest BCUT2D eigenvalue weighted by molar-refractivity contribution is 6.34. The molecule has 5 aromatic rings. The molecule has 0 aliphatic carbocycles. The molecule has 0 spiro atoms. The molecule has 1 saturated heterocycles. The molecule has 17 heteroatoms. The Hall–Kier alpha value is -5.09. The maximum Gasteiger partial charge on any atom is 0.435 e. The van der Waals surface area contributed by atoms with Crippen LogP contribution in [-0.2, 0) is 22.3 Å². The highest BCUT2D eigenvalue weighted by Gasteiger charge is 2.38. The number of fused-ring (bicyclic) bond motifs is 1. The molecule has 232 valence electrons. The van der Waals surface area contributed by atoms with Crippen LogP contribution in [0.1, 0.15) is 27.6 Å². The van der Waals surface area contributed by atoms with E-state index in [4.69, 9.17) is 16.3 Å². The fraction of sp³-hybridized carbons (Fsp3) is 0.250. The number of aromatic nitrogens is 7. The van der Waals surface area contributed by atoms with Gasteiger partial charge in [-0.2, -0.15) is 18.3 Å². The van der Waals surface area contributed by atoms with E-state index in [9.17, 15) is 22.8 Å². The summed E-state index contributed by atoms with van der Waals surface area (Å²) >= 11 is 6.49. The van der Waals surface area contributed by atoms with Crippen molar-refractivity contribution in [3.8, 4) is 11.3 Å². The SMILES string of the molecule is Cc1ccnc(Cn2cc(-c3cnc4c(Nc5ccc(C(=O)N6CCNCC6OC=O)c(Cl)c5)nccn34)c(C(F)(F)F)n2)n1. The van der Waals surface area contributed by atoms with E-state index >= 15 is 0 Å². The third kappa shape index (κ3) is 6.14. The molecule has 1 amide bonds. The number of carbonyl (C=O) groups is 2. The summed E-state index contributed by atoms with van der Waals surface area (Å²) in [6, 6.07) is 6.33. The number of rotatable bonds is 8. The summed E-state index contributed by atoms with van der Waals surface area (Å²) in [7, 11) is 0. The Morgan fingerprint density at radius 2 is 2.07 bits per heavy atom. The monoisotopic (exact) mass is 640 g/mol. The molecular formula is C28H24ClF3N10O3. The lowest BCUT2D eigenvalue weighted by Gasteiger charge is -2.34. The zero-order valence-electron chi connectivity index (χ0n) is 23.5. The molecule has 1 fully saturated rings. The molecule has 1 aliphatic heterocycles. The molecule has 1 unspecified atom stereocenters. The summed E-state index contributed by atoms with van der Waals surface area (Å²) in [6.07, 6.45) is 1.51. The van der Waals surface area contributed by atoms with E-state index in [2.05, 4.69) is 35.7 Å². The van der Waals surface area contributed by atoms with E-state index in [1.165, 1.54) is 52.4 Å². The van der Waals surface area contributed by atoms with E-state index in [0.717, 1.165) is 4.68 Å². The maximum atomic E-state index is 14.1. The summed E-state index contributed by atoms with van der Waals surface area (Å²) in [5.74, 6) is 0.141. The first-order valence-electron chi connectivity index (χ1n) is 13.6. The van der Waals surface area contributed by atoms with Gasteiger partial charge < -0.3 is 20.3 Å². The molecule has 4 aromatic heterocycles. The molecule has 0 radical (unpaired) electrons. The predicted octanol–water partition coefficient (Wildman–Crippen LogP) is 3.70. The number of hydrogen-bond acceptors (Lipinski definition) is 10. The van der Waals surface area contributed by atoms with Gasteiger partial charge in [-0.25, -0.2) is 19.9 Å². The number of carbonyl (C=O) groups excluding carboxylic acids is 2. The minimum absolute atomic E-state index is 0.0610. The second-order valence-electron chi connectivity index (χ2n) is 10.0. The molecule has 1 aromatic carbocycles. The van der Waals surface area contributed by atoms with Crippen molar-refractivity contribution >= 4 is 41.1 Å². The average Bonchev–Trinajstić information content (AvgIpc) is 3.62. The van der Waals surface area contributed by atoms with Crippen molar-refractivity contribution in [1.29, 1.82) is 0 Å². The molecule has 45 heavy (non-hydrogen) atoms. The Bertz CT molecular complexity index is 1890. The minimum Gasteiger partial charge on any atom is -0.442 e. The van der Waals surface area contributed by atoms with Crippen LogP contribution in [0.5, 0.6) is 0 Å². The van der Waals surface area contributed by atoms with Gasteiger partial charge in [0.15, 0.2) is 23.4 Å². The highest BCUT2D eigenvalue weighted by Crippen LogP contribution is 2.37. The molecule has 0 bridgehead atoms. The van der Waals surface area contributed by atoms with Crippen molar-refractivity contribution in [3.63, 3.8) is 0 Å². The highest BCUT2D eigenvalue weighted by atomic mass is 35.5. The molecule has 1 atom stereocenters. The van der Waals surface area contributed by atoms with Gasteiger partial charge in [-0.3, -0.25) is 18.7 Å². The summed E-state index contributed by atoms with van der Waals surface area (Å²) in [5, 5.41) is 10.1. The lowest BCUT2D eigenvalue weighted by Crippen LogP contribution is -2.54. The van der Waals surface area contributed by atoms with E-state index in [0.29, 0.717) is 30.3 Å². The standard InChI is InChI=1S/C28H24ClF3N10O3/c1-16-4-5-34-22(37-16)14-40-13-19(24(39-40)28(30,31)32)21-11-36-26-25(35-7-9-41(21)26)38-17-2-3-18(20(29)10-17)27(44)42-8-6-33-12-23(42)45-15-43/h2-5,7,9-11,13,15,23,33H,6,8,12,14H2,1H3,(H,35,38).